The summed E-state index contributed by atoms with van der Waals surface area (Å²) in [5.41, 5.74) is 1.26. The van der Waals surface area contributed by atoms with Crippen molar-refractivity contribution in [3.8, 4) is 0 Å². The molecule has 1 fully saturated rings. The molecule has 1 heterocycles. The average molecular weight is 418 g/mol. The van der Waals surface area contributed by atoms with E-state index in [1.807, 2.05) is 25.1 Å². The van der Waals surface area contributed by atoms with E-state index in [1.165, 1.54) is 17.0 Å². The Hall–Kier alpha value is -3.74. The smallest absolute Gasteiger partial charge is 0.338 e. The maximum atomic E-state index is 12.8. The van der Waals surface area contributed by atoms with E-state index in [1.54, 1.807) is 36.4 Å². The van der Waals surface area contributed by atoms with Gasteiger partial charge in [0.25, 0.3) is 5.91 Å². The van der Waals surface area contributed by atoms with Crippen molar-refractivity contribution in [1.29, 1.82) is 0 Å². The first-order valence-corrected chi connectivity index (χ1v) is 10.1. The summed E-state index contributed by atoms with van der Waals surface area (Å²) in [5.74, 6) is -2.20. The fourth-order valence-electron chi connectivity index (χ4n) is 4.08. The van der Waals surface area contributed by atoms with Gasteiger partial charge in [-0.15, -0.1) is 0 Å². The molecule has 3 amide bonds. The van der Waals surface area contributed by atoms with Gasteiger partial charge in [0, 0.05) is 5.69 Å². The Morgan fingerprint density at radius 2 is 1.74 bits per heavy atom. The number of para-hydroxylation sites is 1. The lowest BCUT2D eigenvalue weighted by molar-refractivity contribution is -0.123. The lowest BCUT2D eigenvalue weighted by atomic mass is 9.78. The molecule has 0 aromatic heterocycles. The number of allylic oxidation sites excluding steroid dienone is 2. The Bertz CT molecular complexity index is 1050. The normalized spacial score (nSPS) is 22.2. The van der Waals surface area contributed by atoms with Crippen LogP contribution in [0.1, 0.15) is 23.7 Å². The number of rotatable bonds is 5. The minimum atomic E-state index is -0.666. The van der Waals surface area contributed by atoms with Crippen LogP contribution in [0.3, 0.4) is 0 Å². The van der Waals surface area contributed by atoms with Crippen molar-refractivity contribution in [3.05, 3.63) is 72.3 Å². The number of nitrogens with one attached hydrogen (secondary N) is 1. The maximum Gasteiger partial charge on any atom is 0.338 e. The van der Waals surface area contributed by atoms with Crippen molar-refractivity contribution in [3.63, 3.8) is 0 Å². The number of esters is 1. The predicted octanol–water partition coefficient (Wildman–Crippen LogP) is 3.18. The van der Waals surface area contributed by atoms with E-state index in [-0.39, 0.29) is 35.1 Å². The Morgan fingerprint density at radius 1 is 1.03 bits per heavy atom. The first-order chi connectivity index (χ1) is 15.0. The highest BCUT2D eigenvalue weighted by Crippen LogP contribution is 2.40. The van der Waals surface area contributed by atoms with Crippen LogP contribution in [0, 0.1) is 17.8 Å². The van der Waals surface area contributed by atoms with Gasteiger partial charge < -0.3 is 10.1 Å². The van der Waals surface area contributed by atoms with Gasteiger partial charge in [-0.1, -0.05) is 37.3 Å². The molecular weight excluding hydrogens is 396 g/mol. The molecule has 0 bridgehead atoms. The first-order valence-electron chi connectivity index (χ1n) is 10.1. The Labute approximate surface area is 179 Å². The predicted molar refractivity (Wildman–Crippen MR) is 114 cm³/mol. The molecule has 0 unspecified atom stereocenters. The summed E-state index contributed by atoms with van der Waals surface area (Å²) in [4.78, 5) is 51.0. The highest BCUT2D eigenvalue weighted by Gasteiger charge is 2.50. The number of imide groups is 1. The second kappa shape index (κ2) is 8.55. The van der Waals surface area contributed by atoms with Crippen molar-refractivity contribution >= 4 is 35.1 Å². The zero-order valence-electron chi connectivity index (χ0n) is 17.0. The minimum absolute atomic E-state index is 0.0106. The van der Waals surface area contributed by atoms with Gasteiger partial charge in [0.15, 0.2) is 6.61 Å². The van der Waals surface area contributed by atoms with Crippen LogP contribution in [0.2, 0.25) is 0 Å². The molecule has 1 saturated heterocycles. The molecule has 7 nitrogen and oxygen atoms in total. The molecular formula is C24H22N2O5. The quantitative estimate of drug-likeness (QED) is 0.457. The standard InChI is InChI=1S/C24H22N2O5/c1-15-6-5-9-19-21(15)23(29)26(22(19)28)18-12-10-16(11-13-18)24(30)31-14-20(27)25-17-7-3-2-4-8-17/h2-8,10-13,15,19,21H,9,14H2,1H3,(H,25,27)/t15-,19+,21-/m1/s1. The van der Waals surface area contributed by atoms with Crippen LogP contribution in [0.15, 0.2) is 66.7 Å². The Kier molecular flexibility index (Phi) is 5.66. The first kappa shape index (κ1) is 20.5. The van der Waals surface area contributed by atoms with Gasteiger partial charge in [-0.3, -0.25) is 19.3 Å². The van der Waals surface area contributed by atoms with Crippen LogP contribution in [0.4, 0.5) is 11.4 Å². The summed E-state index contributed by atoms with van der Waals surface area (Å²) in [6.45, 7) is 1.52. The molecule has 2 aliphatic rings. The lowest BCUT2D eigenvalue weighted by Crippen LogP contribution is -2.31. The second-order valence-corrected chi connectivity index (χ2v) is 7.70. The van der Waals surface area contributed by atoms with Crippen molar-refractivity contribution in [2.45, 2.75) is 13.3 Å². The molecule has 1 aliphatic carbocycles. The summed E-state index contributed by atoms with van der Waals surface area (Å²) in [7, 11) is 0. The van der Waals surface area contributed by atoms with Gasteiger partial charge in [0.2, 0.25) is 11.8 Å². The van der Waals surface area contributed by atoms with E-state index in [9.17, 15) is 19.2 Å². The van der Waals surface area contributed by atoms with Crippen molar-refractivity contribution in [1.82, 2.24) is 0 Å². The molecule has 1 aliphatic heterocycles. The van der Waals surface area contributed by atoms with Gasteiger partial charge in [0.1, 0.15) is 0 Å². The van der Waals surface area contributed by atoms with Crippen LogP contribution in [0.5, 0.6) is 0 Å². The monoisotopic (exact) mass is 418 g/mol. The van der Waals surface area contributed by atoms with Crippen LogP contribution in [-0.4, -0.2) is 30.3 Å². The number of benzene rings is 2. The average Bonchev–Trinajstić information content (AvgIpc) is 3.04. The van der Waals surface area contributed by atoms with E-state index in [0.717, 1.165) is 0 Å². The number of hydrogen-bond acceptors (Lipinski definition) is 5. The fraction of sp³-hybridized carbons (Fsp3) is 0.250. The number of amides is 3. The zero-order valence-corrected chi connectivity index (χ0v) is 17.0. The largest absolute Gasteiger partial charge is 0.452 e. The highest BCUT2D eigenvalue weighted by molar-refractivity contribution is 6.22. The molecule has 1 N–H and O–H groups in total. The number of carbonyl (C=O) groups is 4. The number of ether oxygens (including phenoxy) is 1. The van der Waals surface area contributed by atoms with E-state index in [4.69, 9.17) is 4.74 Å². The minimum Gasteiger partial charge on any atom is -0.452 e. The zero-order chi connectivity index (χ0) is 22.0. The van der Waals surface area contributed by atoms with Crippen LogP contribution >= 0.6 is 0 Å². The molecule has 158 valence electrons. The molecule has 2 aromatic carbocycles. The van der Waals surface area contributed by atoms with Crippen molar-refractivity contribution < 1.29 is 23.9 Å². The highest BCUT2D eigenvalue weighted by atomic mass is 16.5. The summed E-state index contributed by atoms with van der Waals surface area (Å²) in [6.07, 6.45) is 4.49. The molecule has 31 heavy (non-hydrogen) atoms. The van der Waals surface area contributed by atoms with Crippen LogP contribution < -0.4 is 10.2 Å². The molecule has 2 aromatic rings. The third-order valence-electron chi connectivity index (χ3n) is 5.63. The summed E-state index contributed by atoms with van der Waals surface area (Å²) in [5, 5.41) is 2.63. The van der Waals surface area contributed by atoms with Gasteiger partial charge in [-0.05, 0) is 48.7 Å². The summed E-state index contributed by atoms with van der Waals surface area (Å²) in [6, 6.07) is 14.9. The van der Waals surface area contributed by atoms with Crippen molar-refractivity contribution in [2.75, 3.05) is 16.8 Å². The second-order valence-electron chi connectivity index (χ2n) is 7.70. The SMILES string of the molecule is C[C@@H]1C=CC[C@@H]2C(=O)N(c3ccc(C(=O)OCC(=O)Nc4ccccc4)cc3)C(=O)[C@H]12. The molecule has 0 spiro atoms. The summed E-state index contributed by atoms with van der Waals surface area (Å²) < 4.78 is 5.05. The molecule has 0 radical (unpaired) electrons. The van der Waals surface area contributed by atoms with E-state index in [0.29, 0.717) is 17.8 Å². The van der Waals surface area contributed by atoms with Crippen LogP contribution in [0.25, 0.3) is 0 Å². The molecule has 3 atom stereocenters. The molecule has 7 heteroatoms. The maximum absolute atomic E-state index is 12.8. The van der Waals surface area contributed by atoms with Gasteiger partial charge in [-0.2, -0.15) is 0 Å². The Morgan fingerprint density at radius 3 is 2.42 bits per heavy atom. The third kappa shape index (κ3) is 4.12. The van der Waals surface area contributed by atoms with Crippen LogP contribution in [-0.2, 0) is 19.1 Å². The van der Waals surface area contributed by atoms with Gasteiger partial charge in [-0.25, -0.2) is 4.79 Å². The molecule has 4 rings (SSSR count). The number of anilines is 2. The Balaban J connectivity index is 1.38. The van der Waals surface area contributed by atoms with Gasteiger partial charge in [0.05, 0.1) is 23.1 Å². The topological polar surface area (TPSA) is 92.8 Å². The molecule has 0 saturated carbocycles. The van der Waals surface area contributed by atoms with E-state index in [2.05, 4.69) is 5.32 Å². The van der Waals surface area contributed by atoms with E-state index >= 15 is 0 Å². The summed E-state index contributed by atoms with van der Waals surface area (Å²) >= 11 is 0. The third-order valence-corrected chi connectivity index (χ3v) is 5.63. The van der Waals surface area contributed by atoms with Gasteiger partial charge >= 0.3 is 5.97 Å². The number of fused-ring (bicyclic) bond motifs is 1. The van der Waals surface area contributed by atoms with E-state index < -0.39 is 18.5 Å². The van der Waals surface area contributed by atoms with Crippen molar-refractivity contribution in [2.24, 2.45) is 17.8 Å². The lowest BCUT2D eigenvalue weighted by Gasteiger charge is -2.22. The number of carbonyl (C=O) groups excluding carboxylic acids is 4. The fourth-order valence-corrected chi connectivity index (χ4v) is 4.08. The number of nitrogens with zero attached hydrogens (tertiary/aromatic N) is 1. The number of hydrogen-bond donors (Lipinski definition) is 1.